The van der Waals surface area contributed by atoms with E-state index in [-0.39, 0.29) is 0 Å². The van der Waals surface area contributed by atoms with Crippen LogP contribution in [0, 0.1) is 0 Å². The molecule has 15 heavy (non-hydrogen) atoms. The van der Waals surface area contributed by atoms with Crippen molar-refractivity contribution in [3.05, 3.63) is 27.5 Å². The Labute approximate surface area is 103 Å². The SMILES string of the molecule is CNN1CCCC1c1cnc(Br)c(Cl)c1. The molecule has 0 bridgehead atoms. The molecule has 1 unspecified atom stereocenters. The lowest BCUT2D eigenvalue weighted by Crippen LogP contribution is -2.34. The first kappa shape index (κ1) is 11.3. The molecular formula is C10H13BrClN3. The van der Waals surface area contributed by atoms with Crippen molar-refractivity contribution in [3.8, 4) is 0 Å². The van der Waals surface area contributed by atoms with Crippen LogP contribution in [0.2, 0.25) is 5.02 Å². The molecule has 1 aliphatic heterocycles. The first-order valence-electron chi connectivity index (χ1n) is 4.97. The molecule has 1 aromatic rings. The van der Waals surface area contributed by atoms with E-state index in [0.29, 0.717) is 15.7 Å². The van der Waals surface area contributed by atoms with Crippen molar-refractivity contribution < 1.29 is 0 Å². The lowest BCUT2D eigenvalue weighted by Gasteiger charge is -2.23. The van der Waals surface area contributed by atoms with E-state index in [1.807, 2.05) is 19.3 Å². The van der Waals surface area contributed by atoms with E-state index in [4.69, 9.17) is 11.6 Å². The molecule has 1 atom stereocenters. The number of hydrogen-bond acceptors (Lipinski definition) is 3. The Bertz CT molecular complexity index is 359. The molecular weight excluding hydrogens is 277 g/mol. The number of rotatable bonds is 2. The van der Waals surface area contributed by atoms with Crippen LogP contribution in [0.3, 0.4) is 0 Å². The van der Waals surface area contributed by atoms with E-state index in [1.165, 1.54) is 12.0 Å². The molecule has 1 saturated heterocycles. The maximum Gasteiger partial charge on any atom is 0.124 e. The van der Waals surface area contributed by atoms with Gasteiger partial charge in [-0.3, -0.25) is 5.43 Å². The standard InChI is InChI=1S/C10H13BrClN3/c1-13-15-4-2-3-9(15)7-5-8(12)10(11)14-6-7/h5-6,9,13H,2-4H2,1H3. The number of nitrogens with one attached hydrogen (secondary N) is 1. The Morgan fingerprint density at radius 1 is 1.67 bits per heavy atom. The number of pyridine rings is 1. The lowest BCUT2D eigenvalue weighted by atomic mass is 10.1. The van der Waals surface area contributed by atoms with E-state index < -0.39 is 0 Å². The second kappa shape index (κ2) is 4.78. The molecule has 0 amide bonds. The number of halogens is 2. The van der Waals surface area contributed by atoms with Gasteiger partial charge in [-0.25, -0.2) is 9.99 Å². The van der Waals surface area contributed by atoms with Crippen molar-refractivity contribution in [3.63, 3.8) is 0 Å². The first-order valence-corrected chi connectivity index (χ1v) is 6.14. The van der Waals surface area contributed by atoms with Gasteiger partial charge in [-0.15, -0.1) is 0 Å². The fourth-order valence-corrected chi connectivity index (χ4v) is 2.39. The highest BCUT2D eigenvalue weighted by molar-refractivity contribution is 9.10. The summed E-state index contributed by atoms with van der Waals surface area (Å²) in [6, 6.07) is 2.38. The van der Waals surface area contributed by atoms with Crippen molar-refractivity contribution >= 4 is 27.5 Å². The minimum atomic E-state index is 0.396. The highest BCUT2D eigenvalue weighted by Crippen LogP contribution is 2.32. The molecule has 1 N–H and O–H groups in total. The van der Waals surface area contributed by atoms with Crippen LogP contribution < -0.4 is 5.43 Å². The van der Waals surface area contributed by atoms with Crippen LogP contribution >= 0.6 is 27.5 Å². The molecule has 0 spiro atoms. The minimum Gasteiger partial charge on any atom is -0.258 e. The zero-order valence-electron chi connectivity index (χ0n) is 8.50. The summed E-state index contributed by atoms with van der Waals surface area (Å²) in [4.78, 5) is 4.22. The molecule has 3 nitrogen and oxygen atoms in total. The summed E-state index contributed by atoms with van der Waals surface area (Å²) in [6.07, 6.45) is 4.25. The molecule has 5 heteroatoms. The molecule has 0 saturated carbocycles. The lowest BCUT2D eigenvalue weighted by molar-refractivity contribution is 0.190. The van der Waals surface area contributed by atoms with E-state index in [1.54, 1.807) is 0 Å². The molecule has 0 aromatic carbocycles. The van der Waals surface area contributed by atoms with Crippen LogP contribution in [-0.2, 0) is 0 Å². The molecule has 2 rings (SSSR count). The van der Waals surface area contributed by atoms with Gasteiger partial charge in [0.1, 0.15) is 4.60 Å². The van der Waals surface area contributed by atoms with Crippen LogP contribution in [0.25, 0.3) is 0 Å². The number of aromatic nitrogens is 1. The third kappa shape index (κ3) is 2.33. The third-order valence-electron chi connectivity index (χ3n) is 2.74. The van der Waals surface area contributed by atoms with E-state index in [0.717, 1.165) is 13.0 Å². The van der Waals surface area contributed by atoms with Crippen LogP contribution in [0.4, 0.5) is 0 Å². The normalized spacial score (nSPS) is 22.2. The Balaban J connectivity index is 2.25. The topological polar surface area (TPSA) is 28.2 Å². The number of nitrogens with zero attached hydrogens (tertiary/aromatic N) is 2. The number of hydrazine groups is 1. The summed E-state index contributed by atoms with van der Waals surface area (Å²) < 4.78 is 0.710. The van der Waals surface area contributed by atoms with E-state index in [9.17, 15) is 0 Å². The van der Waals surface area contributed by atoms with Crippen molar-refractivity contribution in [1.29, 1.82) is 0 Å². The van der Waals surface area contributed by atoms with Gasteiger partial charge in [-0.05, 0) is 47.4 Å². The quantitative estimate of drug-likeness (QED) is 0.849. The highest BCUT2D eigenvalue weighted by Gasteiger charge is 2.25. The van der Waals surface area contributed by atoms with Gasteiger partial charge in [0.2, 0.25) is 0 Å². The van der Waals surface area contributed by atoms with Crippen molar-refractivity contribution in [1.82, 2.24) is 15.4 Å². The van der Waals surface area contributed by atoms with Gasteiger partial charge < -0.3 is 0 Å². The predicted octanol–water partition coefficient (Wildman–Crippen LogP) is 2.77. The Morgan fingerprint density at radius 2 is 2.47 bits per heavy atom. The second-order valence-electron chi connectivity index (χ2n) is 3.62. The fraction of sp³-hybridized carbons (Fsp3) is 0.500. The summed E-state index contributed by atoms with van der Waals surface area (Å²) in [5.74, 6) is 0. The summed E-state index contributed by atoms with van der Waals surface area (Å²) in [6.45, 7) is 1.08. The fourth-order valence-electron chi connectivity index (χ4n) is 2.00. The van der Waals surface area contributed by atoms with Gasteiger partial charge >= 0.3 is 0 Å². The van der Waals surface area contributed by atoms with Gasteiger partial charge in [0.25, 0.3) is 0 Å². The molecule has 0 radical (unpaired) electrons. The maximum atomic E-state index is 6.03. The zero-order chi connectivity index (χ0) is 10.8. The molecule has 82 valence electrons. The smallest absolute Gasteiger partial charge is 0.124 e. The van der Waals surface area contributed by atoms with E-state index >= 15 is 0 Å². The summed E-state index contributed by atoms with van der Waals surface area (Å²) in [5, 5.41) is 2.90. The van der Waals surface area contributed by atoms with Crippen molar-refractivity contribution in [2.45, 2.75) is 18.9 Å². The number of hydrogen-bond donors (Lipinski definition) is 1. The molecule has 1 aromatic heterocycles. The zero-order valence-corrected chi connectivity index (χ0v) is 10.8. The third-order valence-corrected chi connectivity index (χ3v) is 3.89. The minimum absolute atomic E-state index is 0.396. The van der Waals surface area contributed by atoms with Crippen LogP contribution in [0.15, 0.2) is 16.9 Å². The molecule has 0 aliphatic carbocycles. The van der Waals surface area contributed by atoms with Gasteiger partial charge in [0.15, 0.2) is 0 Å². The van der Waals surface area contributed by atoms with Gasteiger partial charge in [-0.1, -0.05) is 11.6 Å². The Kier molecular flexibility index (Phi) is 3.61. The van der Waals surface area contributed by atoms with E-state index in [2.05, 4.69) is 31.3 Å². The summed E-state index contributed by atoms with van der Waals surface area (Å²) in [7, 11) is 1.95. The maximum absolute atomic E-state index is 6.03. The van der Waals surface area contributed by atoms with Crippen LogP contribution in [-0.4, -0.2) is 23.6 Å². The summed E-state index contributed by atoms with van der Waals surface area (Å²) in [5.41, 5.74) is 4.37. The monoisotopic (exact) mass is 289 g/mol. The van der Waals surface area contributed by atoms with Crippen LogP contribution in [0.1, 0.15) is 24.4 Å². The first-order chi connectivity index (χ1) is 7.22. The van der Waals surface area contributed by atoms with Crippen molar-refractivity contribution in [2.24, 2.45) is 0 Å². The second-order valence-corrected chi connectivity index (χ2v) is 4.77. The largest absolute Gasteiger partial charge is 0.258 e. The van der Waals surface area contributed by atoms with Crippen molar-refractivity contribution in [2.75, 3.05) is 13.6 Å². The van der Waals surface area contributed by atoms with Gasteiger partial charge in [-0.2, -0.15) is 0 Å². The highest BCUT2D eigenvalue weighted by atomic mass is 79.9. The molecule has 1 fully saturated rings. The van der Waals surface area contributed by atoms with Crippen LogP contribution in [0.5, 0.6) is 0 Å². The predicted molar refractivity (Wildman–Crippen MR) is 64.7 cm³/mol. The average Bonchev–Trinajstić information content (AvgIpc) is 2.70. The molecule has 1 aliphatic rings. The van der Waals surface area contributed by atoms with Gasteiger partial charge in [0.05, 0.1) is 11.1 Å². The Hall–Kier alpha value is -0.160. The molecule has 2 heterocycles. The Morgan fingerprint density at radius 3 is 3.13 bits per heavy atom. The van der Waals surface area contributed by atoms with Gasteiger partial charge in [0, 0.05) is 12.7 Å². The average molecular weight is 291 g/mol. The summed E-state index contributed by atoms with van der Waals surface area (Å²) >= 11 is 9.33.